The summed E-state index contributed by atoms with van der Waals surface area (Å²) in [6, 6.07) is 7.22. The third-order valence-electron chi connectivity index (χ3n) is 1.91. The van der Waals surface area contributed by atoms with E-state index in [0.29, 0.717) is 18.8 Å². The van der Waals surface area contributed by atoms with Gasteiger partial charge >= 0.3 is 11.8 Å². The number of benzene rings is 1. The van der Waals surface area contributed by atoms with Gasteiger partial charge in [-0.25, -0.2) is 0 Å². The molecule has 0 heterocycles. The molecule has 4 N–H and O–H groups in total. The number of aryl methyl sites for hydroxylation is 1. The Morgan fingerprint density at radius 3 is 2.69 bits per heavy atom. The van der Waals surface area contributed by atoms with E-state index in [4.69, 9.17) is 5.73 Å². The number of hydrogen-bond donors (Lipinski definition) is 3. The molecule has 0 aliphatic carbocycles. The van der Waals surface area contributed by atoms with Crippen LogP contribution in [0.3, 0.4) is 0 Å². The fourth-order valence-electron chi connectivity index (χ4n) is 1.18. The molecular formula is C11H15N3O2. The molecule has 1 aromatic rings. The van der Waals surface area contributed by atoms with Gasteiger partial charge in [0, 0.05) is 18.8 Å². The standard InChI is InChI=1S/C11H15N3O2/c1-8-3-2-4-9(7-8)14-11(16)10(15)13-6-5-12/h2-4,7H,5-6,12H2,1H3,(H,13,15)(H,14,16). The van der Waals surface area contributed by atoms with Crippen LogP contribution in [-0.4, -0.2) is 24.9 Å². The SMILES string of the molecule is Cc1cccc(NC(=O)C(=O)NCCN)c1. The Labute approximate surface area is 94.0 Å². The largest absolute Gasteiger partial charge is 0.347 e. The molecule has 0 spiro atoms. The van der Waals surface area contributed by atoms with Crippen LogP contribution in [0, 0.1) is 6.92 Å². The Bertz CT molecular complexity index is 391. The predicted molar refractivity (Wildman–Crippen MR) is 61.9 cm³/mol. The molecule has 5 nitrogen and oxygen atoms in total. The highest BCUT2D eigenvalue weighted by molar-refractivity contribution is 6.39. The molecule has 0 saturated carbocycles. The van der Waals surface area contributed by atoms with Crippen LogP contribution in [0.25, 0.3) is 0 Å². The molecule has 16 heavy (non-hydrogen) atoms. The van der Waals surface area contributed by atoms with E-state index < -0.39 is 11.8 Å². The minimum atomic E-state index is -0.681. The molecule has 0 radical (unpaired) electrons. The molecule has 0 bridgehead atoms. The van der Waals surface area contributed by atoms with Gasteiger partial charge in [0.15, 0.2) is 0 Å². The third-order valence-corrected chi connectivity index (χ3v) is 1.91. The second kappa shape index (κ2) is 5.87. The lowest BCUT2D eigenvalue weighted by atomic mass is 10.2. The third kappa shape index (κ3) is 3.70. The Morgan fingerprint density at radius 2 is 2.06 bits per heavy atom. The Morgan fingerprint density at radius 1 is 1.31 bits per heavy atom. The van der Waals surface area contributed by atoms with E-state index in [-0.39, 0.29) is 0 Å². The van der Waals surface area contributed by atoms with Crippen molar-refractivity contribution in [2.45, 2.75) is 6.92 Å². The number of hydrogen-bond acceptors (Lipinski definition) is 3. The zero-order valence-corrected chi connectivity index (χ0v) is 9.12. The van der Waals surface area contributed by atoms with Gasteiger partial charge in [-0.1, -0.05) is 12.1 Å². The molecule has 0 aromatic heterocycles. The summed E-state index contributed by atoms with van der Waals surface area (Å²) in [4.78, 5) is 22.6. The molecular weight excluding hydrogens is 206 g/mol. The molecule has 0 unspecified atom stereocenters. The fraction of sp³-hybridized carbons (Fsp3) is 0.273. The first-order valence-electron chi connectivity index (χ1n) is 4.99. The summed E-state index contributed by atoms with van der Waals surface area (Å²) in [7, 11) is 0. The van der Waals surface area contributed by atoms with Crippen LogP contribution in [0.1, 0.15) is 5.56 Å². The van der Waals surface area contributed by atoms with Crippen molar-refractivity contribution in [2.75, 3.05) is 18.4 Å². The Balaban J connectivity index is 2.54. The van der Waals surface area contributed by atoms with Gasteiger partial charge < -0.3 is 16.4 Å². The molecule has 86 valence electrons. The normalized spacial score (nSPS) is 9.62. The van der Waals surface area contributed by atoms with Crippen LogP contribution < -0.4 is 16.4 Å². The molecule has 0 aliphatic heterocycles. The molecule has 1 aromatic carbocycles. The van der Waals surface area contributed by atoms with Gasteiger partial charge in [0.05, 0.1) is 0 Å². The molecule has 2 amide bonds. The van der Waals surface area contributed by atoms with E-state index in [9.17, 15) is 9.59 Å². The van der Waals surface area contributed by atoms with Gasteiger partial charge in [-0.15, -0.1) is 0 Å². The van der Waals surface area contributed by atoms with Crippen LogP contribution in [-0.2, 0) is 9.59 Å². The molecule has 5 heteroatoms. The van der Waals surface area contributed by atoms with Gasteiger partial charge in [0.25, 0.3) is 0 Å². The minimum absolute atomic E-state index is 0.292. The monoisotopic (exact) mass is 221 g/mol. The maximum absolute atomic E-state index is 11.4. The van der Waals surface area contributed by atoms with E-state index in [2.05, 4.69) is 10.6 Å². The number of carbonyl (C=O) groups excluding carboxylic acids is 2. The Kier molecular flexibility index (Phi) is 4.47. The Hall–Kier alpha value is -1.88. The summed E-state index contributed by atoms with van der Waals surface area (Å²) in [6.07, 6.45) is 0. The minimum Gasteiger partial charge on any atom is -0.347 e. The molecule has 0 saturated heterocycles. The van der Waals surface area contributed by atoms with Gasteiger partial charge in [-0.2, -0.15) is 0 Å². The summed E-state index contributed by atoms with van der Waals surface area (Å²) in [5.41, 5.74) is 6.82. The first kappa shape index (κ1) is 12.2. The first-order chi connectivity index (χ1) is 7.63. The van der Waals surface area contributed by atoms with Crippen molar-refractivity contribution >= 4 is 17.5 Å². The predicted octanol–water partition coefficient (Wildman–Crippen LogP) is 0.00842. The second-order valence-corrected chi connectivity index (χ2v) is 3.37. The average Bonchev–Trinajstić information content (AvgIpc) is 2.25. The molecule has 1 rings (SSSR count). The molecule has 0 atom stereocenters. The molecule has 0 aliphatic rings. The first-order valence-corrected chi connectivity index (χ1v) is 4.99. The topological polar surface area (TPSA) is 84.2 Å². The van der Waals surface area contributed by atoms with Crippen LogP contribution in [0.4, 0.5) is 5.69 Å². The number of rotatable bonds is 3. The van der Waals surface area contributed by atoms with Crippen LogP contribution in [0.2, 0.25) is 0 Å². The highest BCUT2D eigenvalue weighted by atomic mass is 16.2. The fourth-order valence-corrected chi connectivity index (χ4v) is 1.18. The van der Waals surface area contributed by atoms with Gasteiger partial charge in [0.2, 0.25) is 0 Å². The number of anilines is 1. The zero-order valence-electron chi connectivity index (χ0n) is 9.12. The van der Waals surface area contributed by atoms with E-state index in [1.807, 2.05) is 19.1 Å². The second-order valence-electron chi connectivity index (χ2n) is 3.37. The summed E-state index contributed by atoms with van der Waals surface area (Å²) in [5.74, 6) is -1.36. The maximum atomic E-state index is 11.4. The van der Waals surface area contributed by atoms with E-state index in [1.54, 1.807) is 12.1 Å². The lowest BCUT2D eigenvalue weighted by molar-refractivity contribution is -0.136. The van der Waals surface area contributed by atoms with Gasteiger partial charge in [-0.05, 0) is 24.6 Å². The van der Waals surface area contributed by atoms with E-state index >= 15 is 0 Å². The lowest BCUT2D eigenvalue weighted by Gasteiger charge is -2.05. The average molecular weight is 221 g/mol. The van der Waals surface area contributed by atoms with Crippen LogP contribution >= 0.6 is 0 Å². The highest BCUT2D eigenvalue weighted by Crippen LogP contribution is 2.08. The van der Waals surface area contributed by atoms with Gasteiger partial charge in [0.1, 0.15) is 0 Å². The summed E-state index contributed by atoms with van der Waals surface area (Å²) >= 11 is 0. The van der Waals surface area contributed by atoms with Crippen LogP contribution in [0.5, 0.6) is 0 Å². The zero-order chi connectivity index (χ0) is 12.0. The van der Waals surface area contributed by atoms with Crippen molar-refractivity contribution in [2.24, 2.45) is 5.73 Å². The highest BCUT2D eigenvalue weighted by Gasteiger charge is 2.12. The van der Waals surface area contributed by atoms with Crippen molar-refractivity contribution < 1.29 is 9.59 Å². The number of nitrogens with two attached hydrogens (primary N) is 1. The van der Waals surface area contributed by atoms with Gasteiger partial charge in [-0.3, -0.25) is 9.59 Å². The van der Waals surface area contributed by atoms with E-state index in [0.717, 1.165) is 5.56 Å². The van der Waals surface area contributed by atoms with Crippen molar-refractivity contribution in [3.05, 3.63) is 29.8 Å². The number of carbonyl (C=O) groups is 2. The lowest BCUT2D eigenvalue weighted by Crippen LogP contribution is -2.37. The summed E-state index contributed by atoms with van der Waals surface area (Å²) < 4.78 is 0. The van der Waals surface area contributed by atoms with Crippen molar-refractivity contribution in [3.8, 4) is 0 Å². The summed E-state index contributed by atoms with van der Waals surface area (Å²) in [6.45, 7) is 2.51. The molecule has 0 fully saturated rings. The van der Waals surface area contributed by atoms with Crippen molar-refractivity contribution in [3.63, 3.8) is 0 Å². The van der Waals surface area contributed by atoms with Crippen molar-refractivity contribution in [1.29, 1.82) is 0 Å². The van der Waals surface area contributed by atoms with E-state index in [1.165, 1.54) is 0 Å². The van der Waals surface area contributed by atoms with Crippen molar-refractivity contribution in [1.82, 2.24) is 5.32 Å². The summed E-state index contributed by atoms with van der Waals surface area (Å²) in [5, 5.41) is 4.89. The quantitative estimate of drug-likeness (QED) is 0.628. The number of nitrogens with one attached hydrogen (secondary N) is 2. The van der Waals surface area contributed by atoms with Crippen LogP contribution in [0.15, 0.2) is 24.3 Å². The number of amides is 2. The maximum Gasteiger partial charge on any atom is 0.313 e. The smallest absolute Gasteiger partial charge is 0.313 e.